The molecule has 0 radical (unpaired) electrons. The van der Waals surface area contributed by atoms with Crippen molar-refractivity contribution in [2.75, 3.05) is 0 Å². The molecule has 2 aromatic carbocycles. The Kier molecular flexibility index (Phi) is 4.44. The van der Waals surface area contributed by atoms with Gasteiger partial charge in [-0.2, -0.15) is 13.2 Å². The Morgan fingerprint density at radius 2 is 1.64 bits per heavy atom. The minimum absolute atomic E-state index is 0.0187. The average Bonchev–Trinajstić information content (AvgIpc) is 2.43. The molecule has 22 heavy (non-hydrogen) atoms. The fourth-order valence-corrected chi connectivity index (χ4v) is 1.80. The van der Waals surface area contributed by atoms with E-state index in [0.29, 0.717) is 12.4 Å². The van der Waals surface area contributed by atoms with Crippen LogP contribution in [0.2, 0.25) is 0 Å². The first kappa shape index (κ1) is 15.9. The van der Waals surface area contributed by atoms with Crippen molar-refractivity contribution < 1.29 is 31.5 Å². The molecule has 0 fully saturated rings. The highest BCUT2D eigenvalue weighted by Gasteiger charge is 2.31. The van der Waals surface area contributed by atoms with E-state index in [1.54, 1.807) is 0 Å². The number of ether oxygens (including phenoxy) is 1. The zero-order valence-electron chi connectivity index (χ0n) is 11.0. The Morgan fingerprint density at radius 1 is 0.955 bits per heavy atom. The highest BCUT2D eigenvalue weighted by molar-refractivity contribution is 5.75. The number of carbonyl (C=O) groups is 1. The van der Waals surface area contributed by atoms with Crippen LogP contribution in [0, 0.1) is 11.6 Å². The summed E-state index contributed by atoms with van der Waals surface area (Å²) in [4.78, 5) is 10.6. The summed E-state index contributed by atoms with van der Waals surface area (Å²) in [7, 11) is 0. The molecule has 0 amide bonds. The molecule has 0 aliphatic rings. The summed E-state index contributed by atoms with van der Waals surface area (Å²) in [5.74, 6) is -1.82. The van der Waals surface area contributed by atoms with Crippen LogP contribution < -0.4 is 4.74 Å². The Balaban J connectivity index is 2.20. The summed E-state index contributed by atoms with van der Waals surface area (Å²) >= 11 is 0. The van der Waals surface area contributed by atoms with Crippen molar-refractivity contribution >= 4 is 6.29 Å². The van der Waals surface area contributed by atoms with E-state index < -0.39 is 30.0 Å². The highest BCUT2D eigenvalue weighted by Crippen LogP contribution is 2.30. The van der Waals surface area contributed by atoms with Crippen LogP contribution in [-0.2, 0) is 12.8 Å². The first-order chi connectivity index (χ1) is 10.3. The number of benzene rings is 2. The maximum Gasteiger partial charge on any atom is 0.416 e. The van der Waals surface area contributed by atoms with Gasteiger partial charge in [0.2, 0.25) is 0 Å². The van der Waals surface area contributed by atoms with Crippen molar-refractivity contribution in [3.05, 3.63) is 64.7 Å². The lowest BCUT2D eigenvalue weighted by Crippen LogP contribution is -2.07. The third-order valence-corrected chi connectivity index (χ3v) is 2.72. The Labute approximate surface area is 122 Å². The fraction of sp³-hybridized carbons (Fsp3) is 0.133. The third kappa shape index (κ3) is 4.03. The second kappa shape index (κ2) is 6.13. The summed E-state index contributed by atoms with van der Waals surface area (Å²) < 4.78 is 69.2. The first-order valence-corrected chi connectivity index (χ1v) is 6.03. The second-order valence-corrected chi connectivity index (χ2v) is 4.47. The number of aldehydes is 1. The van der Waals surface area contributed by atoms with Crippen molar-refractivity contribution in [2.24, 2.45) is 0 Å². The molecule has 0 unspecified atom stereocenters. The molecule has 0 atom stereocenters. The van der Waals surface area contributed by atoms with Gasteiger partial charge in [0.25, 0.3) is 0 Å². The molecule has 0 N–H and O–H groups in total. The molecule has 116 valence electrons. The lowest BCUT2D eigenvalue weighted by Gasteiger charge is -2.11. The number of rotatable bonds is 4. The van der Waals surface area contributed by atoms with Crippen molar-refractivity contribution in [2.45, 2.75) is 12.8 Å². The van der Waals surface area contributed by atoms with Gasteiger partial charge in [0.15, 0.2) is 0 Å². The smallest absolute Gasteiger partial charge is 0.416 e. The second-order valence-electron chi connectivity index (χ2n) is 4.47. The van der Waals surface area contributed by atoms with Crippen LogP contribution in [0.15, 0.2) is 36.4 Å². The van der Waals surface area contributed by atoms with E-state index in [2.05, 4.69) is 0 Å². The van der Waals surface area contributed by atoms with Gasteiger partial charge in [0, 0.05) is 11.6 Å². The van der Waals surface area contributed by atoms with E-state index in [0.717, 1.165) is 24.3 Å². The van der Waals surface area contributed by atoms with E-state index in [1.807, 2.05) is 0 Å². The van der Waals surface area contributed by atoms with Crippen LogP contribution in [0.4, 0.5) is 22.0 Å². The molecule has 0 saturated carbocycles. The topological polar surface area (TPSA) is 26.3 Å². The lowest BCUT2D eigenvalue weighted by molar-refractivity contribution is -0.137. The number of carbonyl (C=O) groups excluding carboxylic acids is 1. The largest absolute Gasteiger partial charge is 0.489 e. The molecule has 0 aliphatic heterocycles. The van der Waals surface area contributed by atoms with Crippen LogP contribution in [0.1, 0.15) is 21.5 Å². The monoisotopic (exact) mass is 316 g/mol. The van der Waals surface area contributed by atoms with Gasteiger partial charge < -0.3 is 4.74 Å². The maximum atomic E-state index is 13.2. The van der Waals surface area contributed by atoms with Gasteiger partial charge in [-0.05, 0) is 35.9 Å². The molecule has 0 spiro atoms. The SMILES string of the molecule is O=Cc1cc(F)cc(OCc2cc(F)cc(C(F)(F)F)c2)c1. The van der Waals surface area contributed by atoms with Crippen LogP contribution in [-0.4, -0.2) is 6.29 Å². The Bertz CT molecular complexity index is 695. The molecule has 2 nitrogen and oxygen atoms in total. The molecule has 0 saturated heterocycles. The summed E-state index contributed by atoms with van der Waals surface area (Å²) in [5.41, 5.74) is -1.19. The molecule has 0 heterocycles. The minimum Gasteiger partial charge on any atom is -0.489 e. The standard InChI is InChI=1S/C15H9F5O2/c16-12-3-10(1-11(5-12)15(18,19)20)8-22-14-4-9(7-21)2-13(17)6-14/h1-7H,8H2. The number of hydrogen-bond acceptors (Lipinski definition) is 2. The van der Waals surface area contributed by atoms with E-state index >= 15 is 0 Å². The van der Waals surface area contributed by atoms with E-state index in [4.69, 9.17) is 4.74 Å². The predicted molar refractivity (Wildman–Crippen MR) is 67.5 cm³/mol. The molecule has 7 heteroatoms. The Morgan fingerprint density at radius 3 is 2.27 bits per heavy atom. The maximum absolute atomic E-state index is 13.2. The average molecular weight is 316 g/mol. The zero-order chi connectivity index (χ0) is 16.3. The van der Waals surface area contributed by atoms with Gasteiger partial charge in [0.05, 0.1) is 5.56 Å². The Hall–Kier alpha value is -2.44. The van der Waals surface area contributed by atoms with Crippen molar-refractivity contribution in [1.29, 1.82) is 0 Å². The molecule has 2 aromatic rings. The van der Waals surface area contributed by atoms with Gasteiger partial charge in [0.1, 0.15) is 30.3 Å². The fourth-order valence-electron chi connectivity index (χ4n) is 1.80. The molecule has 0 bridgehead atoms. The number of hydrogen-bond donors (Lipinski definition) is 0. The van der Waals surface area contributed by atoms with Crippen LogP contribution in [0.5, 0.6) is 5.75 Å². The predicted octanol–water partition coefficient (Wildman–Crippen LogP) is 4.38. The van der Waals surface area contributed by atoms with Crippen LogP contribution in [0.3, 0.4) is 0 Å². The van der Waals surface area contributed by atoms with Gasteiger partial charge in [-0.1, -0.05) is 0 Å². The van der Waals surface area contributed by atoms with Gasteiger partial charge >= 0.3 is 6.18 Å². The quantitative estimate of drug-likeness (QED) is 0.618. The normalized spacial score (nSPS) is 11.3. The van der Waals surface area contributed by atoms with E-state index in [9.17, 15) is 26.7 Å². The number of halogens is 5. The first-order valence-electron chi connectivity index (χ1n) is 6.03. The lowest BCUT2D eigenvalue weighted by atomic mass is 10.1. The summed E-state index contributed by atoms with van der Waals surface area (Å²) in [5, 5.41) is 0. The van der Waals surface area contributed by atoms with Crippen molar-refractivity contribution in [1.82, 2.24) is 0 Å². The minimum atomic E-state index is -4.68. The molecular weight excluding hydrogens is 307 g/mol. The van der Waals surface area contributed by atoms with Gasteiger partial charge in [-0.25, -0.2) is 8.78 Å². The highest BCUT2D eigenvalue weighted by atomic mass is 19.4. The number of alkyl halides is 3. The van der Waals surface area contributed by atoms with Crippen LogP contribution in [0.25, 0.3) is 0 Å². The van der Waals surface area contributed by atoms with Gasteiger partial charge in [-0.15, -0.1) is 0 Å². The molecule has 0 aliphatic carbocycles. The molecule has 2 rings (SSSR count). The van der Waals surface area contributed by atoms with E-state index in [-0.39, 0.29) is 16.9 Å². The summed E-state index contributed by atoms with van der Waals surface area (Å²) in [6.07, 6.45) is -4.28. The van der Waals surface area contributed by atoms with Crippen molar-refractivity contribution in [3.8, 4) is 5.75 Å². The molecule has 0 aromatic heterocycles. The van der Waals surface area contributed by atoms with Crippen molar-refractivity contribution in [3.63, 3.8) is 0 Å². The zero-order valence-corrected chi connectivity index (χ0v) is 11.0. The molecular formula is C15H9F5O2. The van der Waals surface area contributed by atoms with Crippen LogP contribution >= 0.6 is 0 Å². The van der Waals surface area contributed by atoms with Gasteiger partial charge in [-0.3, -0.25) is 4.79 Å². The third-order valence-electron chi connectivity index (χ3n) is 2.72. The summed E-state index contributed by atoms with van der Waals surface area (Å²) in [6.45, 7) is -0.400. The van der Waals surface area contributed by atoms with E-state index in [1.165, 1.54) is 6.07 Å². The summed E-state index contributed by atoms with van der Waals surface area (Å²) in [6, 6.07) is 5.16.